The highest BCUT2D eigenvalue weighted by Crippen LogP contribution is 2.27. The number of hydrogen-bond acceptors (Lipinski definition) is 5. The fourth-order valence-corrected chi connectivity index (χ4v) is 3.44. The van der Waals surface area contributed by atoms with E-state index < -0.39 is 5.97 Å². The molecule has 0 spiro atoms. The van der Waals surface area contributed by atoms with E-state index in [4.69, 9.17) is 13.9 Å². The molecule has 5 heteroatoms. The molecule has 166 valence electrons. The third-order valence-corrected chi connectivity index (χ3v) is 5.12. The molecule has 0 atom stereocenters. The normalized spacial score (nSPS) is 11.1. The number of hydrogen-bond donors (Lipinski definition) is 0. The molecule has 0 unspecified atom stereocenters. The fraction of sp³-hybridized carbons (Fsp3) is 0.0345. The Bertz CT molecular complexity index is 1440. The topological polar surface area (TPSA) is 61.6 Å². The van der Waals surface area contributed by atoms with E-state index >= 15 is 0 Å². The van der Waals surface area contributed by atoms with E-state index in [1.54, 1.807) is 24.3 Å². The van der Waals surface area contributed by atoms with Gasteiger partial charge in [0.25, 0.3) is 0 Å². The van der Waals surface area contributed by atoms with Gasteiger partial charge >= 0.3 is 5.97 Å². The first-order chi connectivity index (χ1) is 16.7. The molecule has 0 N–H and O–H groups in total. The molecule has 0 aliphatic heterocycles. The molecule has 5 nitrogen and oxygen atoms in total. The van der Waals surface area contributed by atoms with Crippen LogP contribution in [0, 0.1) is 0 Å². The van der Waals surface area contributed by atoms with E-state index in [2.05, 4.69) is 4.98 Å². The minimum Gasteiger partial charge on any atom is -0.489 e. The third kappa shape index (κ3) is 5.22. The van der Waals surface area contributed by atoms with Gasteiger partial charge in [-0.15, -0.1) is 0 Å². The number of oxazole rings is 1. The lowest BCUT2D eigenvalue weighted by Gasteiger charge is -2.07. The van der Waals surface area contributed by atoms with Crippen molar-refractivity contribution in [3.05, 3.63) is 120 Å². The van der Waals surface area contributed by atoms with Crippen LogP contribution in [0.5, 0.6) is 11.5 Å². The average molecular weight is 447 g/mol. The van der Waals surface area contributed by atoms with E-state index in [-0.39, 0.29) is 0 Å². The first-order valence-corrected chi connectivity index (χ1v) is 10.9. The van der Waals surface area contributed by atoms with Crippen LogP contribution in [0.2, 0.25) is 0 Å². The largest absolute Gasteiger partial charge is 0.489 e. The summed E-state index contributed by atoms with van der Waals surface area (Å²) in [6.07, 6.45) is 3.08. The summed E-state index contributed by atoms with van der Waals surface area (Å²) in [6.45, 7) is 0.478. The number of rotatable bonds is 7. The van der Waals surface area contributed by atoms with E-state index in [1.165, 1.54) is 6.08 Å². The number of ether oxygens (including phenoxy) is 2. The second-order valence-corrected chi connectivity index (χ2v) is 7.62. The minimum absolute atomic E-state index is 0.387. The predicted octanol–water partition coefficient (Wildman–Crippen LogP) is 6.69. The van der Waals surface area contributed by atoms with Crippen molar-refractivity contribution in [2.75, 3.05) is 0 Å². The number of benzene rings is 4. The van der Waals surface area contributed by atoms with Crippen molar-refractivity contribution in [3.8, 4) is 23.0 Å². The van der Waals surface area contributed by atoms with Crippen LogP contribution in [0.25, 0.3) is 28.6 Å². The molecule has 0 amide bonds. The number of nitrogens with zero attached hydrogens (tertiary/aromatic N) is 1. The number of carbonyl (C=O) groups excluding carboxylic acids is 1. The Kier molecular flexibility index (Phi) is 6.16. The molecule has 0 saturated heterocycles. The van der Waals surface area contributed by atoms with Gasteiger partial charge in [-0.2, -0.15) is 0 Å². The first kappa shape index (κ1) is 21.2. The molecular formula is C29H21NO4. The van der Waals surface area contributed by atoms with E-state index in [1.807, 2.05) is 84.9 Å². The third-order valence-electron chi connectivity index (χ3n) is 5.12. The smallest absolute Gasteiger partial charge is 0.336 e. The second-order valence-electron chi connectivity index (χ2n) is 7.62. The van der Waals surface area contributed by atoms with Crippen LogP contribution < -0.4 is 9.47 Å². The summed E-state index contributed by atoms with van der Waals surface area (Å²) in [4.78, 5) is 16.8. The number of fused-ring (bicyclic) bond motifs is 1. The van der Waals surface area contributed by atoms with Gasteiger partial charge in [0.05, 0.1) is 0 Å². The lowest BCUT2D eigenvalue weighted by molar-refractivity contribution is -0.128. The van der Waals surface area contributed by atoms with Gasteiger partial charge in [0.1, 0.15) is 23.6 Å². The second kappa shape index (κ2) is 9.88. The van der Waals surface area contributed by atoms with Crippen LogP contribution in [0.4, 0.5) is 0 Å². The van der Waals surface area contributed by atoms with Crippen LogP contribution in [-0.2, 0) is 11.4 Å². The Morgan fingerprint density at radius 1 is 0.824 bits per heavy atom. The maximum absolute atomic E-state index is 12.4. The number of aromatic nitrogens is 1. The lowest BCUT2D eigenvalue weighted by Crippen LogP contribution is -2.03. The van der Waals surface area contributed by atoms with Crippen molar-refractivity contribution >= 4 is 23.1 Å². The average Bonchev–Trinajstić information content (AvgIpc) is 3.31. The van der Waals surface area contributed by atoms with Crippen LogP contribution in [0.15, 0.2) is 114 Å². The van der Waals surface area contributed by atoms with Gasteiger partial charge in [0.2, 0.25) is 5.89 Å². The van der Waals surface area contributed by atoms with E-state index in [0.717, 1.165) is 22.4 Å². The molecule has 0 fully saturated rings. The van der Waals surface area contributed by atoms with Gasteiger partial charge < -0.3 is 13.9 Å². The van der Waals surface area contributed by atoms with Gasteiger partial charge in [0, 0.05) is 17.7 Å². The highest BCUT2D eigenvalue weighted by Gasteiger charge is 2.10. The zero-order valence-electron chi connectivity index (χ0n) is 18.3. The monoisotopic (exact) mass is 447 g/mol. The maximum Gasteiger partial charge on any atom is 0.336 e. The Morgan fingerprint density at radius 2 is 1.62 bits per heavy atom. The maximum atomic E-state index is 12.4. The molecule has 5 rings (SSSR count). The van der Waals surface area contributed by atoms with Crippen molar-refractivity contribution in [2.24, 2.45) is 0 Å². The Morgan fingerprint density at radius 3 is 2.44 bits per heavy atom. The van der Waals surface area contributed by atoms with Crippen LogP contribution in [0.3, 0.4) is 0 Å². The SMILES string of the molecule is O=C(/C=C/c1cccc(OCc2ccccc2)c1)Oc1ccc2nc(-c3ccccc3)oc2c1. The predicted molar refractivity (Wildman–Crippen MR) is 131 cm³/mol. The molecule has 0 aliphatic rings. The van der Waals surface area contributed by atoms with Gasteiger partial charge in [0.15, 0.2) is 5.58 Å². The zero-order chi connectivity index (χ0) is 23.2. The summed E-state index contributed by atoms with van der Waals surface area (Å²) < 4.78 is 17.1. The summed E-state index contributed by atoms with van der Waals surface area (Å²) in [5.74, 6) is 1.15. The first-order valence-electron chi connectivity index (χ1n) is 10.9. The summed E-state index contributed by atoms with van der Waals surface area (Å²) in [7, 11) is 0. The molecule has 0 saturated carbocycles. The molecule has 0 radical (unpaired) electrons. The van der Waals surface area contributed by atoms with Crippen molar-refractivity contribution in [1.29, 1.82) is 0 Å². The lowest BCUT2D eigenvalue weighted by atomic mass is 10.2. The fourth-order valence-electron chi connectivity index (χ4n) is 3.44. The Balaban J connectivity index is 1.23. The van der Waals surface area contributed by atoms with Crippen molar-refractivity contribution < 1.29 is 18.7 Å². The molecule has 1 heterocycles. The summed E-state index contributed by atoms with van der Waals surface area (Å²) >= 11 is 0. The Labute approximate surface area is 196 Å². The van der Waals surface area contributed by atoms with Crippen LogP contribution in [-0.4, -0.2) is 11.0 Å². The van der Waals surface area contributed by atoms with Gasteiger partial charge in [-0.05, 0) is 53.6 Å². The quantitative estimate of drug-likeness (QED) is 0.158. The number of esters is 1. The van der Waals surface area contributed by atoms with E-state index in [9.17, 15) is 4.79 Å². The van der Waals surface area contributed by atoms with Crippen molar-refractivity contribution in [2.45, 2.75) is 6.61 Å². The van der Waals surface area contributed by atoms with Crippen molar-refractivity contribution in [3.63, 3.8) is 0 Å². The highest BCUT2D eigenvalue weighted by molar-refractivity contribution is 5.89. The molecule has 4 aromatic carbocycles. The van der Waals surface area contributed by atoms with Crippen molar-refractivity contribution in [1.82, 2.24) is 4.98 Å². The van der Waals surface area contributed by atoms with Gasteiger partial charge in [-0.3, -0.25) is 0 Å². The van der Waals surface area contributed by atoms with Gasteiger partial charge in [-0.1, -0.05) is 60.7 Å². The standard InChI is InChI=1S/C29H21NO4/c31-28(17-14-21-10-7-13-24(18-21)32-20-22-8-3-1-4-9-22)33-25-15-16-26-27(19-25)34-29(30-26)23-11-5-2-6-12-23/h1-19H,20H2/b17-14+. The zero-order valence-corrected chi connectivity index (χ0v) is 18.3. The molecule has 1 aromatic heterocycles. The summed E-state index contributed by atoms with van der Waals surface area (Å²) in [6, 6.07) is 32.3. The molecule has 34 heavy (non-hydrogen) atoms. The van der Waals surface area contributed by atoms with Crippen LogP contribution >= 0.6 is 0 Å². The highest BCUT2D eigenvalue weighted by atomic mass is 16.5. The molecule has 5 aromatic rings. The van der Waals surface area contributed by atoms with Crippen LogP contribution in [0.1, 0.15) is 11.1 Å². The summed E-state index contributed by atoms with van der Waals surface area (Å²) in [5.41, 5.74) is 4.06. The van der Waals surface area contributed by atoms with E-state index in [0.29, 0.717) is 29.3 Å². The molecule has 0 aliphatic carbocycles. The van der Waals surface area contributed by atoms with Gasteiger partial charge in [-0.25, -0.2) is 9.78 Å². The summed E-state index contributed by atoms with van der Waals surface area (Å²) in [5, 5.41) is 0. The Hall–Kier alpha value is -4.64. The molecular weight excluding hydrogens is 426 g/mol. The minimum atomic E-state index is -0.488. The molecule has 0 bridgehead atoms. The number of carbonyl (C=O) groups is 1.